The Morgan fingerprint density at radius 3 is 2.72 bits per heavy atom. The molecule has 0 spiro atoms. The SMILES string of the molecule is OCC[NH2+]CCOCCOc1cc(Cl)ccc1Cl. The number of aliphatic hydroxyl groups is 1. The van der Waals surface area contributed by atoms with E-state index in [1.54, 1.807) is 18.2 Å². The predicted octanol–water partition coefficient (Wildman–Crippen LogP) is 0.945. The third-order valence-corrected chi connectivity index (χ3v) is 2.73. The molecule has 18 heavy (non-hydrogen) atoms. The molecule has 4 nitrogen and oxygen atoms in total. The molecule has 0 radical (unpaired) electrons. The molecule has 0 heterocycles. The van der Waals surface area contributed by atoms with E-state index in [1.165, 1.54) is 0 Å². The van der Waals surface area contributed by atoms with E-state index in [-0.39, 0.29) is 6.61 Å². The van der Waals surface area contributed by atoms with Crippen molar-refractivity contribution in [1.29, 1.82) is 0 Å². The molecule has 0 amide bonds. The van der Waals surface area contributed by atoms with Gasteiger partial charge in [-0.15, -0.1) is 0 Å². The number of ether oxygens (including phenoxy) is 2. The van der Waals surface area contributed by atoms with Crippen LogP contribution < -0.4 is 10.1 Å². The molecular weight excluding hydrogens is 277 g/mol. The maximum Gasteiger partial charge on any atom is 0.139 e. The normalized spacial score (nSPS) is 10.6. The van der Waals surface area contributed by atoms with Gasteiger partial charge >= 0.3 is 0 Å². The van der Waals surface area contributed by atoms with Gasteiger partial charge in [-0.3, -0.25) is 0 Å². The largest absolute Gasteiger partial charge is 0.490 e. The highest BCUT2D eigenvalue weighted by molar-refractivity contribution is 6.34. The molecule has 1 aromatic rings. The van der Waals surface area contributed by atoms with Gasteiger partial charge in [0, 0.05) is 11.1 Å². The Morgan fingerprint density at radius 1 is 1.11 bits per heavy atom. The summed E-state index contributed by atoms with van der Waals surface area (Å²) in [7, 11) is 0. The topological polar surface area (TPSA) is 55.3 Å². The molecule has 0 atom stereocenters. The van der Waals surface area contributed by atoms with E-state index in [9.17, 15) is 0 Å². The third kappa shape index (κ3) is 6.42. The molecule has 0 saturated heterocycles. The average Bonchev–Trinajstić information content (AvgIpc) is 2.36. The summed E-state index contributed by atoms with van der Waals surface area (Å²) in [6.45, 7) is 3.29. The fourth-order valence-corrected chi connectivity index (χ4v) is 1.64. The first kappa shape index (κ1) is 15.5. The summed E-state index contributed by atoms with van der Waals surface area (Å²) in [5.74, 6) is 0.569. The number of nitrogens with two attached hydrogens (primary N) is 1. The van der Waals surface area contributed by atoms with Gasteiger partial charge in [-0.1, -0.05) is 23.2 Å². The van der Waals surface area contributed by atoms with E-state index in [4.69, 9.17) is 37.8 Å². The maximum absolute atomic E-state index is 8.57. The molecule has 0 aliphatic heterocycles. The Balaban J connectivity index is 2.09. The number of quaternary nitrogens is 1. The number of halogens is 2. The first-order valence-corrected chi connectivity index (χ1v) is 6.57. The highest BCUT2D eigenvalue weighted by Crippen LogP contribution is 2.27. The Kier molecular flexibility index (Phi) is 8.13. The molecular formula is C12H18Cl2NO3+. The average molecular weight is 295 g/mol. The number of hydrogen-bond acceptors (Lipinski definition) is 3. The maximum atomic E-state index is 8.57. The van der Waals surface area contributed by atoms with Crippen LogP contribution in [0.25, 0.3) is 0 Å². The molecule has 1 rings (SSSR count). The van der Waals surface area contributed by atoms with Crippen LogP contribution in [0, 0.1) is 0 Å². The summed E-state index contributed by atoms with van der Waals surface area (Å²) in [6, 6.07) is 5.09. The first-order valence-electron chi connectivity index (χ1n) is 5.82. The molecule has 102 valence electrons. The molecule has 0 fully saturated rings. The lowest BCUT2D eigenvalue weighted by molar-refractivity contribution is -0.657. The highest BCUT2D eigenvalue weighted by atomic mass is 35.5. The molecule has 0 unspecified atom stereocenters. The molecule has 6 heteroatoms. The lowest BCUT2D eigenvalue weighted by Gasteiger charge is -2.08. The van der Waals surface area contributed by atoms with Crippen molar-refractivity contribution in [2.45, 2.75) is 0 Å². The lowest BCUT2D eigenvalue weighted by Crippen LogP contribution is -2.86. The smallest absolute Gasteiger partial charge is 0.139 e. The van der Waals surface area contributed by atoms with E-state index < -0.39 is 0 Å². The van der Waals surface area contributed by atoms with Crippen LogP contribution >= 0.6 is 23.2 Å². The summed E-state index contributed by atoms with van der Waals surface area (Å²) in [4.78, 5) is 0. The molecule has 0 aromatic heterocycles. The van der Waals surface area contributed by atoms with Crippen LogP contribution in [0.4, 0.5) is 0 Å². The van der Waals surface area contributed by atoms with E-state index >= 15 is 0 Å². The van der Waals surface area contributed by atoms with Crippen LogP contribution in [0.15, 0.2) is 18.2 Å². The van der Waals surface area contributed by atoms with Crippen LogP contribution in [-0.4, -0.2) is 44.6 Å². The monoisotopic (exact) mass is 294 g/mol. The summed E-state index contributed by atoms with van der Waals surface area (Å²) >= 11 is 11.8. The zero-order chi connectivity index (χ0) is 13.2. The third-order valence-electron chi connectivity index (χ3n) is 2.18. The number of aliphatic hydroxyl groups excluding tert-OH is 1. The quantitative estimate of drug-likeness (QED) is 0.667. The predicted molar refractivity (Wildman–Crippen MR) is 71.5 cm³/mol. The van der Waals surface area contributed by atoms with Gasteiger partial charge in [0.05, 0.1) is 37.9 Å². The fourth-order valence-electron chi connectivity index (χ4n) is 1.30. The van der Waals surface area contributed by atoms with Crippen LogP contribution in [0.3, 0.4) is 0 Å². The molecule has 0 bridgehead atoms. The fraction of sp³-hybridized carbons (Fsp3) is 0.500. The minimum Gasteiger partial charge on any atom is -0.490 e. The summed E-state index contributed by atoms with van der Waals surface area (Å²) in [6.07, 6.45) is 0. The van der Waals surface area contributed by atoms with Crippen LogP contribution in [0.2, 0.25) is 10.0 Å². The molecule has 0 aliphatic carbocycles. The van der Waals surface area contributed by atoms with Crippen molar-refractivity contribution in [1.82, 2.24) is 0 Å². The first-order chi connectivity index (χ1) is 8.74. The van der Waals surface area contributed by atoms with Crippen molar-refractivity contribution in [2.75, 3.05) is 39.5 Å². The second-order valence-electron chi connectivity index (χ2n) is 3.63. The summed E-state index contributed by atoms with van der Waals surface area (Å²) in [5, 5.41) is 11.7. The van der Waals surface area contributed by atoms with Crippen molar-refractivity contribution in [3.05, 3.63) is 28.2 Å². The summed E-state index contributed by atoms with van der Waals surface area (Å²) < 4.78 is 10.8. The number of rotatable bonds is 9. The van der Waals surface area contributed by atoms with Crippen molar-refractivity contribution in [3.8, 4) is 5.75 Å². The Hall–Kier alpha value is -0.520. The lowest BCUT2D eigenvalue weighted by atomic mass is 10.3. The van der Waals surface area contributed by atoms with Gasteiger partial charge in [0.2, 0.25) is 0 Å². The van der Waals surface area contributed by atoms with Crippen molar-refractivity contribution >= 4 is 23.2 Å². The standard InChI is InChI=1S/C12H17Cl2NO3/c13-10-1-2-11(14)12(9-10)18-8-7-17-6-4-15-3-5-16/h1-2,9,15-16H,3-8H2/p+1. The minimum atomic E-state index is 0.191. The van der Waals surface area contributed by atoms with E-state index in [1.807, 2.05) is 5.32 Å². The van der Waals surface area contributed by atoms with Crippen LogP contribution in [0.5, 0.6) is 5.75 Å². The molecule has 0 saturated carbocycles. The van der Waals surface area contributed by atoms with Gasteiger partial charge in [-0.25, -0.2) is 0 Å². The summed E-state index contributed by atoms with van der Waals surface area (Å²) in [5.41, 5.74) is 0. The van der Waals surface area contributed by atoms with Gasteiger partial charge in [0.25, 0.3) is 0 Å². The van der Waals surface area contributed by atoms with Crippen molar-refractivity contribution in [3.63, 3.8) is 0 Å². The second-order valence-corrected chi connectivity index (χ2v) is 4.47. The Morgan fingerprint density at radius 2 is 1.94 bits per heavy atom. The number of benzene rings is 1. The Labute approximate surface area is 117 Å². The second kappa shape index (κ2) is 9.42. The van der Waals surface area contributed by atoms with Crippen molar-refractivity contribution < 1.29 is 19.9 Å². The van der Waals surface area contributed by atoms with E-state index in [0.29, 0.717) is 42.2 Å². The molecule has 1 aromatic carbocycles. The zero-order valence-corrected chi connectivity index (χ0v) is 11.6. The molecule has 3 N–H and O–H groups in total. The highest BCUT2D eigenvalue weighted by Gasteiger charge is 2.02. The van der Waals surface area contributed by atoms with Crippen molar-refractivity contribution in [2.24, 2.45) is 0 Å². The van der Waals surface area contributed by atoms with Gasteiger partial charge in [0.1, 0.15) is 12.4 Å². The van der Waals surface area contributed by atoms with E-state index in [2.05, 4.69) is 0 Å². The number of hydrogen-bond donors (Lipinski definition) is 2. The Bertz CT molecular complexity index is 350. The zero-order valence-electron chi connectivity index (χ0n) is 10.1. The van der Waals surface area contributed by atoms with Crippen LogP contribution in [0.1, 0.15) is 0 Å². The van der Waals surface area contributed by atoms with Gasteiger partial charge < -0.3 is 19.9 Å². The van der Waals surface area contributed by atoms with Gasteiger partial charge in [0.15, 0.2) is 0 Å². The van der Waals surface area contributed by atoms with Gasteiger partial charge in [-0.05, 0) is 12.1 Å². The molecule has 0 aliphatic rings. The minimum absolute atomic E-state index is 0.191. The van der Waals surface area contributed by atoms with Gasteiger partial charge in [-0.2, -0.15) is 0 Å². The van der Waals surface area contributed by atoms with E-state index in [0.717, 1.165) is 6.54 Å². The van der Waals surface area contributed by atoms with Crippen LogP contribution in [-0.2, 0) is 4.74 Å².